The molecule has 57 heavy (non-hydrogen) atoms. The fraction of sp³-hybridized carbons (Fsp3) is 0.288. The number of rotatable bonds is 14. The van der Waals surface area contributed by atoms with E-state index in [2.05, 4.69) is 116 Å². The van der Waals surface area contributed by atoms with Crippen molar-refractivity contribution in [3.05, 3.63) is 201 Å². The number of carbonyl (C=O) groups is 1. The van der Waals surface area contributed by atoms with Crippen molar-refractivity contribution in [3.63, 3.8) is 0 Å². The first-order valence-electron chi connectivity index (χ1n) is 19.8. The second-order valence-corrected chi connectivity index (χ2v) is 17.6. The molecule has 0 fully saturated rings. The Kier molecular flexibility index (Phi) is 11.6. The first-order valence-corrected chi connectivity index (χ1v) is 19.8. The Morgan fingerprint density at radius 2 is 0.719 bits per heavy atom. The van der Waals surface area contributed by atoms with E-state index in [-0.39, 0.29) is 31.1 Å². The lowest BCUT2D eigenvalue weighted by Crippen LogP contribution is -2.31. The summed E-state index contributed by atoms with van der Waals surface area (Å²) in [5.74, 6) is -0.716. The minimum absolute atomic E-state index is 0.137. The molecule has 6 aromatic rings. The molecule has 0 unspecified atom stereocenters. The molecule has 5 heteroatoms. The van der Waals surface area contributed by atoms with E-state index in [0.29, 0.717) is 11.1 Å². The Balaban J connectivity index is 1.51. The van der Waals surface area contributed by atoms with Crippen LogP contribution in [0.25, 0.3) is 0 Å². The second kappa shape index (κ2) is 16.1. The van der Waals surface area contributed by atoms with Crippen LogP contribution in [0.3, 0.4) is 0 Å². The Hall–Kier alpha value is -5.65. The molecule has 0 aliphatic rings. The zero-order valence-corrected chi connectivity index (χ0v) is 34.7. The van der Waals surface area contributed by atoms with Crippen LogP contribution < -0.4 is 0 Å². The summed E-state index contributed by atoms with van der Waals surface area (Å²) in [6.07, 6.45) is 0. The minimum atomic E-state index is -0.995. The van der Waals surface area contributed by atoms with E-state index in [4.69, 9.17) is 0 Å². The van der Waals surface area contributed by atoms with Crippen LogP contribution in [0.5, 0.6) is 11.5 Å². The third-order valence-electron chi connectivity index (χ3n) is 12.3. The Morgan fingerprint density at radius 1 is 0.439 bits per heavy atom. The number of hydrogen-bond donors (Lipinski definition) is 3. The molecule has 0 radical (unpaired) electrons. The fourth-order valence-electron chi connectivity index (χ4n) is 8.21. The van der Waals surface area contributed by atoms with Gasteiger partial charge in [0.2, 0.25) is 0 Å². The summed E-state index contributed by atoms with van der Waals surface area (Å²) >= 11 is 0. The van der Waals surface area contributed by atoms with Crippen LogP contribution in [-0.4, -0.2) is 32.7 Å². The number of hydrogen-bond acceptors (Lipinski definition) is 4. The van der Waals surface area contributed by atoms with Crippen LogP contribution in [-0.2, 0) is 39.5 Å². The normalized spacial score (nSPS) is 12.5. The number of phenolic OH excluding ortho intramolecular Hbond substituents is 2. The van der Waals surface area contributed by atoms with Gasteiger partial charge in [0, 0.05) is 57.0 Å². The molecule has 5 nitrogen and oxygen atoms in total. The highest BCUT2D eigenvalue weighted by Crippen LogP contribution is 2.45. The fourth-order valence-corrected chi connectivity index (χ4v) is 8.21. The van der Waals surface area contributed by atoms with E-state index in [1.54, 1.807) is 0 Å². The molecular formula is C52H57NO4. The maximum Gasteiger partial charge on any atom is 0.317 e. The SMILES string of the molecule is CC(C)(c1ccccc1)c1cc(CN(CC(=O)O)Cc2cc(C(C)(C)c3ccccc3)cc(C(C)(C)c3ccccc3)c2O)c(O)c(C(C)(C)c2ccccc2)c1. The number of carboxylic acid groups (broad SMARTS) is 1. The average Bonchev–Trinajstić information content (AvgIpc) is 3.20. The van der Waals surface area contributed by atoms with Gasteiger partial charge in [-0.1, -0.05) is 189 Å². The predicted octanol–water partition coefficient (Wildman–Crippen LogP) is 11.5. The monoisotopic (exact) mass is 759 g/mol. The molecule has 0 aliphatic carbocycles. The van der Waals surface area contributed by atoms with Crippen LogP contribution in [0.4, 0.5) is 0 Å². The predicted molar refractivity (Wildman–Crippen MR) is 232 cm³/mol. The summed E-state index contributed by atoms with van der Waals surface area (Å²) in [6.45, 7) is 17.2. The van der Waals surface area contributed by atoms with E-state index in [0.717, 1.165) is 44.5 Å². The van der Waals surface area contributed by atoms with Crippen molar-refractivity contribution in [1.29, 1.82) is 0 Å². The third kappa shape index (κ3) is 8.40. The summed E-state index contributed by atoms with van der Waals surface area (Å²) in [5, 5.41) is 34.9. The van der Waals surface area contributed by atoms with Crippen LogP contribution in [0, 0.1) is 0 Å². The zero-order chi connectivity index (χ0) is 41.2. The molecule has 6 rings (SSSR count). The first-order chi connectivity index (χ1) is 26.9. The van der Waals surface area contributed by atoms with Crippen LogP contribution >= 0.6 is 0 Å². The first kappa shape index (κ1) is 41.0. The zero-order valence-electron chi connectivity index (χ0n) is 34.7. The molecule has 294 valence electrons. The standard InChI is InChI=1S/C52H57NO4/c1-49(2,38-21-13-9-14-22-38)42-29-36(47(56)44(31-42)51(5,6)40-25-17-11-18-26-40)33-53(35-46(54)55)34-37-30-43(50(3,4)39-23-15-10-16-24-39)32-45(48(37)57)52(7,8)41-27-19-12-20-28-41/h9-32,56-57H,33-35H2,1-8H3,(H,54,55). The lowest BCUT2D eigenvalue weighted by Gasteiger charge is -2.34. The van der Waals surface area contributed by atoms with Gasteiger partial charge in [0.05, 0.1) is 6.54 Å². The molecule has 0 saturated carbocycles. The molecule has 0 bridgehead atoms. The number of phenols is 2. The lowest BCUT2D eigenvalue weighted by atomic mass is 9.72. The van der Waals surface area contributed by atoms with Gasteiger partial charge in [0.15, 0.2) is 0 Å². The van der Waals surface area contributed by atoms with Gasteiger partial charge in [-0.3, -0.25) is 9.69 Å². The number of carboxylic acids is 1. The van der Waals surface area contributed by atoms with E-state index in [1.165, 1.54) is 0 Å². The molecule has 6 aromatic carbocycles. The topological polar surface area (TPSA) is 81.0 Å². The maximum absolute atomic E-state index is 12.6. The van der Waals surface area contributed by atoms with Gasteiger partial charge < -0.3 is 15.3 Å². The summed E-state index contributed by atoms with van der Waals surface area (Å²) in [7, 11) is 0. The van der Waals surface area contributed by atoms with Crippen molar-refractivity contribution < 1.29 is 20.1 Å². The van der Waals surface area contributed by atoms with Gasteiger partial charge in [0.25, 0.3) is 0 Å². The third-order valence-corrected chi connectivity index (χ3v) is 12.3. The molecule has 3 N–H and O–H groups in total. The highest BCUT2D eigenvalue weighted by Gasteiger charge is 2.34. The second-order valence-electron chi connectivity index (χ2n) is 17.6. The average molecular weight is 760 g/mol. The van der Waals surface area contributed by atoms with E-state index >= 15 is 0 Å². The van der Waals surface area contributed by atoms with Crippen molar-refractivity contribution in [2.45, 2.75) is 90.1 Å². The molecular weight excluding hydrogens is 703 g/mol. The number of aliphatic carboxylic acids is 1. The molecule has 0 spiro atoms. The number of benzene rings is 6. The molecule has 0 saturated heterocycles. The van der Waals surface area contributed by atoms with Crippen molar-refractivity contribution >= 4 is 5.97 Å². The van der Waals surface area contributed by atoms with Crippen molar-refractivity contribution in [2.75, 3.05) is 6.54 Å². The largest absolute Gasteiger partial charge is 0.507 e. The van der Waals surface area contributed by atoms with E-state index in [9.17, 15) is 20.1 Å². The van der Waals surface area contributed by atoms with Gasteiger partial charge in [-0.25, -0.2) is 0 Å². The molecule has 0 aromatic heterocycles. The Bertz CT molecular complexity index is 2150. The van der Waals surface area contributed by atoms with Gasteiger partial charge in [0.1, 0.15) is 11.5 Å². The van der Waals surface area contributed by atoms with Crippen molar-refractivity contribution in [2.24, 2.45) is 0 Å². The quantitative estimate of drug-likeness (QED) is 0.103. The lowest BCUT2D eigenvalue weighted by molar-refractivity contribution is -0.138. The highest BCUT2D eigenvalue weighted by atomic mass is 16.4. The number of nitrogens with zero attached hydrogens (tertiary/aromatic N) is 1. The van der Waals surface area contributed by atoms with Gasteiger partial charge in [-0.05, 0) is 45.5 Å². The smallest absolute Gasteiger partial charge is 0.317 e. The maximum atomic E-state index is 12.6. The molecule has 0 heterocycles. The Morgan fingerprint density at radius 3 is 1.00 bits per heavy atom. The van der Waals surface area contributed by atoms with E-state index in [1.807, 2.05) is 89.8 Å². The van der Waals surface area contributed by atoms with Gasteiger partial charge in [-0.15, -0.1) is 0 Å². The molecule has 0 atom stereocenters. The molecule has 0 aliphatic heterocycles. The molecule has 0 amide bonds. The number of aromatic hydroxyl groups is 2. The summed E-state index contributed by atoms with van der Waals surface area (Å²) in [4.78, 5) is 14.4. The summed E-state index contributed by atoms with van der Waals surface area (Å²) in [5.41, 5.74) is 7.16. The van der Waals surface area contributed by atoms with Crippen LogP contribution in [0.1, 0.15) is 111 Å². The van der Waals surface area contributed by atoms with E-state index < -0.39 is 27.6 Å². The Labute approximate surface area is 339 Å². The highest BCUT2D eigenvalue weighted by molar-refractivity contribution is 5.69. The van der Waals surface area contributed by atoms with Gasteiger partial charge >= 0.3 is 5.97 Å². The van der Waals surface area contributed by atoms with Crippen LogP contribution in [0.15, 0.2) is 146 Å². The van der Waals surface area contributed by atoms with Crippen LogP contribution in [0.2, 0.25) is 0 Å². The minimum Gasteiger partial charge on any atom is -0.507 e. The van der Waals surface area contributed by atoms with Crippen molar-refractivity contribution in [3.8, 4) is 11.5 Å². The summed E-state index contributed by atoms with van der Waals surface area (Å²) < 4.78 is 0. The van der Waals surface area contributed by atoms with Gasteiger partial charge in [-0.2, -0.15) is 0 Å². The summed E-state index contributed by atoms with van der Waals surface area (Å²) in [6, 6.07) is 49.2. The van der Waals surface area contributed by atoms with Crippen molar-refractivity contribution in [1.82, 2.24) is 4.90 Å².